The van der Waals surface area contributed by atoms with Gasteiger partial charge in [-0.1, -0.05) is 42.5 Å². The summed E-state index contributed by atoms with van der Waals surface area (Å²) < 4.78 is 14.3. The summed E-state index contributed by atoms with van der Waals surface area (Å²) in [4.78, 5) is 26.8. The van der Waals surface area contributed by atoms with E-state index in [1.807, 2.05) is 30.3 Å². The highest BCUT2D eigenvalue weighted by Gasteiger charge is 2.14. The van der Waals surface area contributed by atoms with Crippen molar-refractivity contribution >= 4 is 5.91 Å². The monoisotopic (exact) mass is 325 g/mol. The molecule has 6 heteroatoms. The van der Waals surface area contributed by atoms with Crippen molar-refractivity contribution < 1.29 is 9.18 Å². The fourth-order valence-electron chi connectivity index (χ4n) is 2.38. The fraction of sp³-hybridized carbons (Fsp3) is 0.111. The first-order valence-electron chi connectivity index (χ1n) is 7.48. The van der Waals surface area contributed by atoms with Crippen LogP contribution in [-0.2, 0) is 13.1 Å². The molecule has 24 heavy (non-hydrogen) atoms. The molecule has 0 atom stereocenters. The van der Waals surface area contributed by atoms with Gasteiger partial charge in [-0.3, -0.25) is 9.36 Å². The number of nitrogens with one attached hydrogen (secondary N) is 2. The number of H-pyrrole nitrogens is 1. The predicted octanol–water partition coefficient (Wildman–Crippen LogP) is 2.29. The first-order valence-corrected chi connectivity index (χ1v) is 7.48. The number of aromatic nitrogens is 2. The third-order valence-electron chi connectivity index (χ3n) is 3.65. The molecule has 2 N–H and O–H groups in total. The maximum atomic E-state index is 12.9. The van der Waals surface area contributed by atoms with E-state index < -0.39 is 0 Å². The van der Waals surface area contributed by atoms with Crippen LogP contribution < -0.4 is 11.0 Å². The smallest absolute Gasteiger partial charge is 0.326 e. The van der Waals surface area contributed by atoms with Crippen LogP contribution >= 0.6 is 0 Å². The second kappa shape index (κ2) is 6.95. The minimum absolute atomic E-state index is 0.254. The Morgan fingerprint density at radius 3 is 2.46 bits per heavy atom. The molecule has 0 saturated heterocycles. The van der Waals surface area contributed by atoms with Crippen molar-refractivity contribution in [1.29, 1.82) is 0 Å². The van der Waals surface area contributed by atoms with E-state index in [0.717, 1.165) is 11.1 Å². The van der Waals surface area contributed by atoms with Crippen LogP contribution in [0.15, 0.2) is 65.6 Å². The van der Waals surface area contributed by atoms with Crippen molar-refractivity contribution in [1.82, 2.24) is 14.9 Å². The summed E-state index contributed by atoms with van der Waals surface area (Å²) in [5.74, 6) is -0.694. The van der Waals surface area contributed by atoms with Crippen LogP contribution in [0.1, 0.15) is 21.6 Å². The van der Waals surface area contributed by atoms with Gasteiger partial charge in [0.2, 0.25) is 0 Å². The molecular weight excluding hydrogens is 309 g/mol. The molecule has 0 radical (unpaired) electrons. The molecule has 3 rings (SSSR count). The van der Waals surface area contributed by atoms with Gasteiger partial charge >= 0.3 is 5.69 Å². The molecule has 0 fully saturated rings. The summed E-state index contributed by atoms with van der Waals surface area (Å²) in [6, 6.07) is 15.3. The highest BCUT2D eigenvalue weighted by Crippen LogP contribution is 2.05. The molecule has 0 aliphatic carbocycles. The zero-order chi connectivity index (χ0) is 16.9. The Morgan fingerprint density at radius 1 is 1.04 bits per heavy atom. The summed E-state index contributed by atoms with van der Waals surface area (Å²) in [6.07, 6.45) is 1.39. The summed E-state index contributed by atoms with van der Waals surface area (Å²) in [5.41, 5.74) is 1.61. The number of nitrogens with zero attached hydrogens (tertiary/aromatic N) is 1. The van der Waals surface area contributed by atoms with E-state index in [2.05, 4.69) is 10.3 Å². The number of imidazole rings is 1. The van der Waals surface area contributed by atoms with Crippen LogP contribution in [0.3, 0.4) is 0 Å². The lowest BCUT2D eigenvalue weighted by Crippen LogP contribution is -2.29. The molecule has 1 amide bonds. The van der Waals surface area contributed by atoms with Gasteiger partial charge in [-0.15, -0.1) is 0 Å². The second-order valence-electron chi connectivity index (χ2n) is 5.36. The highest BCUT2D eigenvalue weighted by atomic mass is 19.1. The van der Waals surface area contributed by atoms with E-state index >= 15 is 0 Å². The SMILES string of the molecule is O=C(NCc1ccc(F)cc1)c1c[nH]c(=O)n1Cc1ccccc1. The van der Waals surface area contributed by atoms with Gasteiger partial charge in [0.15, 0.2) is 0 Å². The normalized spacial score (nSPS) is 10.5. The van der Waals surface area contributed by atoms with Gasteiger partial charge in [0.05, 0.1) is 6.54 Å². The number of hydrogen-bond acceptors (Lipinski definition) is 2. The Labute approximate surface area is 137 Å². The number of benzene rings is 2. The van der Waals surface area contributed by atoms with E-state index in [-0.39, 0.29) is 29.7 Å². The summed E-state index contributed by atoms with van der Waals surface area (Å²) in [5, 5.41) is 2.73. The molecule has 3 aromatic rings. The Kier molecular flexibility index (Phi) is 4.56. The molecule has 0 saturated carbocycles. The maximum absolute atomic E-state index is 12.9. The molecule has 0 bridgehead atoms. The molecule has 0 unspecified atom stereocenters. The lowest BCUT2D eigenvalue weighted by Gasteiger charge is -2.08. The third kappa shape index (κ3) is 3.60. The molecule has 1 heterocycles. The minimum Gasteiger partial charge on any atom is -0.347 e. The molecule has 2 aromatic carbocycles. The zero-order valence-electron chi connectivity index (χ0n) is 12.8. The fourth-order valence-corrected chi connectivity index (χ4v) is 2.38. The summed E-state index contributed by atoms with van der Waals surface area (Å²) in [6.45, 7) is 0.562. The predicted molar refractivity (Wildman–Crippen MR) is 88.2 cm³/mol. The van der Waals surface area contributed by atoms with Gasteiger partial charge in [-0.25, -0.2) is 9.18 Å². The van der Waals surface area contributed by atoms with E-state index in [9.17, 15) is 14.0 Å². The first-order chi connectivity index (χ1) is 11.6. The summed E-state index contributed by atoms with van der Waals surface area (Å²) in [7, 11) is 0. The van der Waals surface area contributed by atoms with Gasteiger partial charge < -0.3 is 10.3 Å². The standard InChI is InChI=1S/C18H16FN3O2/c19-15-8-6-13(7-9-15)10-20-17(23)16-11-21-18(24)22(16)12-14-4-2-1-3-5-14/h1-9,11H,10,12H2,(H,20,23)(H,21,24). The number of carbonyl (C=O) groups is 1. The van der Waals surface area contributed by atoms with Gasteiger partial charge in [0.1, 0.15) is 11.5 Å². The third-order valence-corrected chi connectivity index (χ3v) is 3.65. The van der Waals surface area contributed by atoms with Crippen molar-refractivity contribution in [3.63, 3.8) is 0 Å². The minimum atomic E-state index is -0.367. The van der Waals surface area contributed by atoms with Gasteiger partial charge in [-0.2, -0.15) is 0 Å². The van der Waals surface area contributed by atoms with Gasteiger partial charge in [0, 0.05) is 12.7 Å². The first kappa shape index (κ1) is 15.7. The molecule has 0 aliphatic heterocycles. The largest absolute Gasteiger partial charge is 0.347 e. The average Bonchev–Trinajstić information content (AvgIpc) is 2.96. The number of halogens is 1. The molecule has 1 aromatic heterocycles. The average molecular weight is 325 g/mol. The molecule has 0 spiro atoms. The number of carbonyl (C=O) groups excluding carboxylic acids is 1. The van der Waals surface area contributed by atoms with E-state index in [1.165, 1.54) is 22.9 Å². The van der Waals surface area contributed by atoms with Crippen molar-refractivity contribution in [3.8, 4) is 0 Å². The highest BCUT2D eigenvalue weighted by molar-refractivity contribution is 5.92. The maximum Gasteiger partial charge on any atom is 0.326 e. The van der Waals surface area contributed by atoms with E-state index in [0.29, 0.717) is 6.54 Å². The Balaban J connectivity index is 1.73. The van der Waals surface area contributed by atoms with Crippen LogP contribution in [0.5, 0.6) is 0 Å². The quantitative estimate of drug-likeness (QED) is 0.756. The van der Waals surface area contributed by atoms with Crippen LogP contribution in [0.25, 0.3) is 0 Å². The molecular formula is C18H16FN3O2. The van der Waals surface area contributed by atoms with E-state index in [4.69, 9.17) is 0 Å². The number of aromatic amines is 1. The van der Waals surface area contributed by atoms with E-state index in [1.54, 1.807) is 12.1 Å². The van der Waals surface area contributed by atoms with Crippen LogP contribution in [0.2, 0.25) is 0 Å². The lowest BCUT2D eigenvalue weighted by atomic mass is 10.2. The number of amides is 1. The molecule has 122 valence electrons. The molecule has 0 aliphatic rings. The lowest BCUT2D eigenvalue weighted by molar-refractivity contribution is 0.0941. The Hall–Kier alpha value is -3.15. The van der Waals surface area contributed by atoms with Crippen LogP contribution in [-0.4, -0.2) is 15.5 Å². The second-order valence-corrected chi connectivity index (χ2v) is 5.36. The van der Waals surface area contributed by atoms with Crippen molar-refractivity contribution in [3.05, 3.63) is 93.9 Å². The topological polar surface area (TPSA) is 66.9 Å². The van der Waals surface area contributed by atoms with Crippen molar-refractivity contribution in [2.24, 2.45) is 0 Å². The summed E-state index contributed by atoms with van der Waals surface area (Å²) >= 11 is 0. The number of hydrogen-bond donors (Lipinski definition) is 2. The Morgan fingerprint density at radius 2 is 1.75 bits per heavy atom. The Bertz CT molecular complexity index is 883. The van der Waals surface area contributed by atoms with Crippen LogP contribution in [0, 0.1) is 5.82 Å². The molecule has 5 nitrogen and oxygen atoms in total. The number of rotatable bonds is 5. The van der Waals surface area contributed by atoms with Gasteiger partial charge in [0.25, 0.3) is 5.91 Å². The van der Waals surface area contributed by atoms with Crippen LogP contribution in [0.4, 0.5) is 4.39 Å². The van der Waals surface area contributed by atoms with Gasteiger partial charge in [-0.05, 0) is 23.3 Å². The zero-order valence-corrected chi connectivity index (χ0v) is 12.8. The van der Waals surface area contributed by atoms with Crippen molar-refractivity contribution in [2.75, 3.05) is 0 Å². The van der Waals surface area contributed by atoms with Crippen molar-refractivity contribution in [2.45, 2.75) is 13.1 Å².